The fourth-order valence-corrected chi connectivity index (χ4v) is 5.50. The Kier molecular flexibility index (Phi) is 8.13. The van der Waals surface area contributed by atoms with Crippen LogP contribution in [0, 0.1) is 17.6 Å². The van der Waals surface area contributed by atoms with Crippen molar-refractivity contribution in [3.63, 3.8) is 0 Å². The van der Waals surface area contributed by atoms with Crippen molar-refractivity contribution >= 4 is 33.5 Å². The van der Waals surface area contributed by atoms with Gasteiger partial charge >= 0.3 is 5.97 Å². The van der Waals surface area contributed by atoms with Gasteiger partial charge in [-0.05, 0) is 76.8 Å². The molecule has 1 fully saturated rings. The highest BCUT2D eigenvalue weighted by atomic mass is 79.9. The monoisotopic (exact) mass is 576 g/mol. The zero-order chi connectivity index (χ0) is 26.0. The van der Waals surface area contributed by atoms with Crippen LogP contribution in [0.1, 0.15) is 48.2 Å². The number of carboxylic acid groups (broad SMARTS) is 1. The molecule has 0 spiro atoms. The van der Waals surface area contributed by atoms with Crippen molar-refractivity contribution in [2.75, 3.05) is 6.61 Å². The van der Waals surface area contributed by atoms with Crippen molar-refractivity contribution in [1.29, 1.82) is 0 Å². The maximum atomic E-state index is 14.6. The molecule has 4 rings (SSSR count). The summed E-state index contributed by atoms with van der Waals surface area (Å²) >= 11 is 9.59. The van der Waals surface area contributed by atoms with Gasteiger partial charge in [-0.25, -0.2) is 13.6 Å². The molecular formula is C28H24BrClF2O4. The summed E-state index contributed by atoms with van der Waals surface area (Å²) in [7, 11) is 0. The minimum absolute atomic E-state index is 0.175. The molecule has 1 saturated heterocycles. The van der Waals surface area contributed by atoms with Crippen LogP contribution in [-0.4, -0.2) is 17.7 Å². The van der Waals surface area contributed by atoms with Crippen LogP contribution in [-0.2, 0) is 9.53 Å². The Labute approximate surface area is 221 Å². The number of hydrogen-bond donors (Lipinski definition) is 1. The fraction of sp³-hybridized carbons (Fsp3) is 0.250. The predicted molar refractivity (Wildman–Crippen MR) is 137 cm³/mol. The second-order valence-electron chi connectivity index (χ2n) is 8.87. The lowest BCUT2D eigenvalue weighted by atomic mass is 9.74. The van der Waals surface area contributed by atoms with E-state index >= 15 is 0 Å². The molecule has 3 aromatic rings. The molecule has 3 aromatic carbocycles. The minimum Gasteiger partial charge on any atom is -0.480 e. The van der Waals surface area contributed by atoms with Gasteiger partial charge in [0.05, 0.1) is 16.7 Å². The maximum Gasteiger partial charge on any atom is 0.341 e. The Morgan fingerprint density at radius 2 is 1.83 bits per heavy atom. The third kappa shape index (κ3) is 5.80. The molecule has 0 saturated carbocycles. The van der Waals surface area contributed by atoms with Crippen LogP contribution in [0.3, 0.4) is 0 Å². The van der Waals surface area contributed by atoms with Crippen molar-refractivity contribution in [1.82, 2.24) is 0 Å². The molecule has 0 amide bonds. The van der Waals surface area contributed by atoms with Gasteiger partial charge in [0.1, 0.15) is 17.4 Å². The predicted octanol–water partition coefficient (Wildman–Crippen LogP) is 8.02. The summed E-state index contributed by atoms with van der Waals surface area (Å²) in [4.78, 5) is 11.2. The molecule has 0 aliphatic carbocycles. The summed E-state index contributed by atoms with van der Waals surface area (Å²) < 4.78 is 41.4. The van der Waals surface area contributed by atoms with E-state index in [1.54, 1.807) is 18.2 Å². The summed E-state index contributed by atoms with van der Waals surface area (Å²) in [6.07, 6.45) is -0.787. The molecule has 1 N–H and O–H groups in total. The summed E-state index contributed by atoms with van der Waals surface area (Å²) in [5.74, 6) is -2.42. The second kappa shape index (κ2) is 11.1. The lowest BCUT2D eigenvalue weighted by molar-refractivity contribution is -0.139. The summed E-state index contributed by atoms with van der Waals surface area (Å²) in [6.45, 7) is 5.41. The minimum atomic E-state index is -1.17. The van der Waals surface area contributed by atoms with Gasteiger partial charge in [-0.3, -0.25) is 0 Å². The van der Waals surface area contributed by atoms with Crippen molar-refractivity contribution < 1.29 is 28.2 Å². The number of ether oxygens (including phenoxy) is 2. The van der Waals surface area contributed by atoms with Crippen LogP contribution in [0.2, 0.25) is 5.02 Å². The molecule has 4 nitrogen and oxygen atoms in total. The molecule has 1 heterocycles. The number of benzene rings is 3. The van der Waals surface area contributed by atoms with E-state index in [0.717, 1.165) is 11.1 Å². The van der Waals surface area contributed by atoms with Gasteiger partial charge in [0, 0.05) is 22.4 Å². The van der Waals surface area contributed by atoms with E-state index in [4.69, 9.17) is 26.2 Å². The highest BCUT2D eigenvalue weighted by molar-refractivity contribution is 9.10. The van der Waals surface area contributed by atoms with Crippen molar-refractivity contribution in [2.45, 2.75) is 31.5 Å². The van der Waals surface area contributed by atoms with Crippen LogP contribution in [0.25, 0.3) is 0 Å². The van der Waals surface area contributed by atoms with Crippen LogP contribution in [0.15, 0.2) is 77.3 Å². The van der Waals surface area contributed by atoms with Crippen molar-refractivity contribution in [2.24, 2.45) is 5.92 Å². The first-order chi connectivity index (χ1) is 17.1. The fourth-order valence-electron chi connectivity index (χ4n) is 4.74. The van der Waals surface area contributed by atoms with E-state index in [0.29, 0.717) is 22.6 Å². The molecule has 0 radical (unpaired) electrons. The van der Waals surface area contributed by atoms with Crippen molar-refractivity contribution in [3.8, 4) is 5.75 Å². The molecule has 0 aromatic heterocycles. The number of aliphatic carboxylic acids is 1. The Bertz CT molecular complexity index is 1300. The molecule has 1 aliphatic heterocycles. The Morgan fingerprint density at radius 3 is 2.50 bits per heavy atom. The standard InChI is InChI=1S/C28H24BrClF2O4/c1-15(2)21-13-22(16-5-3-7-18(30)9-16)26(17-6-4-8-19(31)10-17)36-27(21)23-11-20(32)12-24(29)28(23)35-14-25(33)34/h3-12,21-22,26-27H,1,13-14H2,2H3,(H,33,34)/t21-,22-,26+,27+/m1/s1. The number of carboxylic acids is 1. The van der Waals surface area contributed by atoms with Crippen LogP contribution < -0.4 is 4.74 Å². The Balaban J connectivity index is 1.85. The zero-order valence-electron chi connectivity index (χ0n) is 19.4. The zero-order valence-corrected chi connectivity index (χ0v) is 21.7. The van der Waals surface area contributed by atoms with Crippen LogP contribution >= 0.6 is 27.5 Å². The SMILES string of the molecule is C=C(C)[C@H]1C[C@H](c2cccc(Cl)c2)[C@H](c2cccc(F)c2)O[C@@H]1c1cc(F)cc(Br)c1OCC(=O)O. The normalized spacial score (nSPS) is 21.7. The summed E-state index contributed by atoms with van der Waals surface area (Å²) in [5.41, 5.74) is 2.69. The van der Waals surface area contributed by atoms with Gasteiger partial charge in [0.2, 0.25) is 0 Å². The molecular weight excluding hydrogens is 554 g/mol. The quantitative estimate of drug-likeness (QED) is 0.289. The van der Waals surface area contributed by atoms with E-state index in [2.05, 4.69) is 22.5 Å². The van der Waals surface area contributed by atoms with Gasteiger partial charge in [-0.15, -0.1) is 0 Å². The third-order valence-electron chi connectivity index (χ3n) is 6.30. The molecule has 188 valence electrons. The molecule has 1 aliphatic rings. The van der Waals surface area contributed by atoms with Gasteiger partial charge in [0.25, 0.3) is 0 Å². The highest BCUT2D eigenvalue weighted by Gasteiger charge is 2.42. The van der Waals surface area contributed by atoms with Crippen LogP contribution in [0.4, 0.5) is 8.78 Å². The van der Waals surface area contributed by atoms with Gasteiger partial charge in [-0.1, -0.05) is 48.0 Å². The first kappa shape index (κ1) is 26.3. The Hall–Kier alpha value is -2.74. The number of hydrogen-bond acceptors (Lipinski definition) is 3. The van der Waals surface area contributed by atoms with E-state index < -0.39 is 36.4 Å². The van der Waals surface area contributed by atoms with E-state index in [9.17, 15) is 13.6 Å². The molecule has 0 unspecified atom stereocenters. The topological polar surface area (TPSA) is 55.8 Å². The van der Waals surface area contributed by atoms with E-state index in [1.165, 1.54) is 24.3 Å². The molecule has 4 atom stereocenters. The number of halogens is 4. The number of carbonyl (C=O) groups is 1. The van der Waals surface area contributed by atoms with E-state index in [-0.39, 0.29) is 22.1 Å². The lowest BCUT2D eigenvalue weighted by Crippen LogP contribution is -2.32. The average Bonchev–Trinajstić information content (AvgIpc) is 2.82. The van der Waals surface area contributed by atoms with Gasteiger partial charge in [0.15, 0.2) is 6.61 Å². The van der Waals surface area contributed by atoms with Gasteiger partial charge < -0.3 is 14.6 Å². The first-order valence-corrected chi connectivity index (χ1v) is 12.5. The number of rotatable bonds is 7. The summed E-state index contributed by atoms with van der Waals surface area (Å²) in [5, 5.41) is 9.72. The molecule has 8 heteroatoms. The van der Waals surface area contributed by atoms with Crippen molar-refractivity contribution in [3.05, 3.63) is 111 Å². The van der Waals surface area contributed by atoms with E-state index in [1.807, 2.05) is 25.1 Å². The van der Waals surface area contributed by atoms with Gasteiger partial charge in [-0.2, -0.15) is 0 Å². The molecule has 36 heavy (non-hydrogen) atoms. The third-order valence-corrected chi connectivity index (χ3v) is 7.13. The summed E-state index contributed by atoms with van der Waals surface area (Å²) in [6, 6.07) is 16.1. The second-order valence-corrected chi connectivity index (χ2v) is 10.2. The molecule has 0 bridgehead atoms. The highest BCUT2D eigenvalue weighted by Crippen LogP contribution is 2.54. The first-order valence-electron chi connectivity index (χ1n) is 11.3. The van der Waals surface area contributed by atoms with Crippen LogP contribution in [0.5, 0.6) is 5.75 Å². The average molecular weight is 578 g/mol. The Morgan fingerprint density at radius 1 is 1.11 bits per heavy atom. The largest absolute Gasteiger partial charge is 0.480 e. The lowest BCUT2D eigenvalue weighted by Gasteiger charge is -2.43. The maximum absolute atomic E-state index is 14.6. The smallest absolute Gasteiger partial charge is 0.341 e.